The molecule has 2 nitrogen and oxygen atoms in total. The Kier molecular flexibility index (Phi) is 3.81. The third kappa shape index (κ3) is 2.51. The Labute approximate surface area is 114 Å². The van der Waals surface area contributed by atoms with E-state index in [2.05, 4.69) is 48.6 Å². The molecule has 1 atom stereocenters. The van der Waals surface area contributed by atoms with Gasteiger partial charge in [-0.05, 0) is 41.3 Å². The first-order valence-electron chi connectivity index (χ1n) is 7.22. The van der Waals surface area contributed by atoms with E-state index in [4.69, 9.17) is 4.74 Å². The van der Waals surface area contributed by atoms with Crippen LogP contribution in [0.1, 0.15) is 30.5 Å². The Morgan fingerprint density at radius 1 is 1.21 bits per heavy atom. The Balaban J connectivity index is 2.06. The average molecular weight is 255 g/mol. The number of benzene rings is 2. The predicted molar refractivity (Wildman–Crippen MR) is 79.5 cm³/mol. The quantitative estimate of drug-likeness (QED) is 0.907. The zero-order valence-corrected chi connectivity index (χ0v) is 11.5. The molecule has 0 saturated heterocycles. The first-order valence-corrected chi connectivity index (χ1v) is 7.22. The maximum Gasteiger partial charge on any atom is 0.0661 e. The minimum absolute atomic E-state index is 0.335. The second-order valence-electron chi connectivity index (χ2n) is 5.19. The highest BCUT2D eigenvalue weighted by Crippen LogP contribution is 2.29. The summed E-state index contributed by atoms with van der Waals surface area (Å²) in [6, 6.07) is 13.5. The molecule has 0 bridgehead atoms. The van der Waals surface area contributed by atoms with E-state index >= 15 is 0 Å². The highest BCUT2D eigenvalue weighted by atomic mass is 16.5. The van der Waals surface area contributed by atoms with Crippen LogP contribution in [0.25, 0.3) is 10.8 Å². The minimum atomic E-state index is 0.335. The van der Waals surface area contributed by atoms with Crippen LogP contribution in [-0.4, -0.2) is 19.8 Å². The normalized spacial score (nSPS) is 19.1. The van der Waals surface area contributed by atoms with E-state index in [0.717, 1.165) is 32.6 Å². The molecule has 0 radical (unpaired) electrons. The van der Waals surface area contributed by atoms with Crippen molar-refractivity contribution in [1.82, 2.24) is 5.32 Å². The molecular formula is C17H21NO. The van der Waals surface area contributed by atoms with Crippen molar-refractivity contribution in [3.8, 4) is 0 Å². The molecule has 1 heterocycles. The Bertz CT molecular complexity index is 564. The van der Waals surface area contributed by atoms with Crippen molar-refractivity contribution in [1.29, 1.82) is 0 Å². The molecule has 0 saturated carbocycles. The van der Waals surface area contributed by atoms with Crippen LogP contribution in [0.3, 0.4) is 0 Å². The van der Waals surface area contributed by atoms with Gasteiger partial charge >= 0.3 is 0 Å². The van der Waals surface area contributed by atoms with Crippen molar-refractivity contribution in [2.75, 3.05) is 19.8 Å². The van der Waals surface area contributed by atoms with Crippen molar-refractivity contribution in [3.63, 3.8) is 0 Å². The van der Waals surface area contributed by atoms with Crippen molar-refractivity contribution < 1.29 is 4.74 Å². The molecule has 2 aromatic carbocycles. The molecule has 2 heteroatoms. The van der Waals surface area contributed by atoms with Crippen LogP contribution in [-0.2, 0) is 11.2 Å². The van der Waals surface area contributed by atoms with Crippen LogP contribution in [0.5, 0.6) is 0 Å². The first-order chi connectivity index (χ1) is 9.40. The zero-order chi connectivity index (χ0) is 13.1. The number of hydrogen-bond donors (Lipinski definition) is 1. The zero-order valence-electron chi connectivity index (χ0n) is 11.5. The summed E-state index contributed by atoms with van der Waals surface area (Å²) in [5.41, 5.74) is 2.88. The average Bonchev–Trinajstić information content (AvgIpc) is 2.67. The Morgan fingerprint density at radius 2 is 2.11 bits per heavy atom. The van der Waals surface area contributed by atoms with Gasteiger partial charge < -0.3 is 10.1 Å². The van der Waals surface area contributed by atoms with Gasteiger partial charge in [0, 0.05) is 0 Å². The van der Waals surface area contributed by atoms with Gasteiger partial charge in [-0.15, -0.1) is 0 Å². The molecule has 0 aromatic heterocycles. The van der Waals surface area contributed by atoms with E-state index in [-0.39, 0.29) is 0 Å². The van der Waals surface area contributed by atoms with E-state index in [1.165, 1.54) is 21.9 Å². The highest BCUT2D eigenvalue weighted by molar-refractivity contribution is 5.87. The topological polar surface area (TPSA) is 21.3 Å². The van der Waals surface area contributed by atoms with E-state index in [0.29, 0.717) is 6.04 Å². The summed E-state index contributed by atoms with van der Waals surface area (Å²) in [6.45, 7) is 4.85. The van der Waals surface area contributed by atoms with Gasteiger partial charge in [0.1, 0.15) is 0 Å². The van der Waals surface area contributed by atoms with E-state index < -0.39 is 0 Å². The number of ether oxygens (including phenoxy) is 1. The molecule has 1 N–H and O–H groups in total. The lowest BCUT2D eigenvalue weighted by atomic mass is 9.93. The fraction of sp³-hybridized carbons (Fsp3) is 0.412. The molecule has 0 spiro atoms. The molecule has 0 aliphatic carbocycles. The Hall–Kier alpha value is -1.38. The second kappa shape index (κ2) is 5.72. The van der Waals surface area contributed by atoms with Crippen LogP contribution in [0.15, 0.2) is 36.4 Å². The van der Waals surface area contributed by atoms with Gasteiger partial charge in [-0.3, -0.25) is 0 Å². The van der Waals surface area contributed by atoms with Gasteiger partial charge in [-0.2, -0.15) is 0 Å². The number of hydrogen-bond acceptors (Lipinski definition) is 2. The summed E-state index contributed by atoms with van der Waals surface area (Å²) < 4.78 is 5.77. The van der Waals surface area contributed by atoms with Gasteiger partial charge in [0.2, 0.25) is 0 Å². The molecule has 100 valence electrons. The lowest BCUT2D eigenvalue weighted by Gasteiger charge is -2.19. The summed E-state index contributed by atoms with van der Waals surface area (Å²) in [6.07, 6.45) is 2.17. The maximum absolute atomic E-state index is 5.77. The predicted octanol–water partition coefficient (Wildman–Crippen LogP) is 3.45. The lowest BCUT2D eigenvalue weighted by Crippen LogP contribution is -2.25. The van der Waals surface area contributed by atoms with Crippen molar-refractivity contribution in [3.05, 3.63) is 47.5 Å². The summed E-state index contributed by atoms with van der Waals surface area (Å²) in [7, 11) is 0. The standard InChI is InChI=1S/C17H21NO/c1-2-10-18-17-12-19-11-9-15-14-6-4-3-5-13(14)7-8-16(15)17/h3-8,17-18H,2,9-12H2,1H3. The molecule has 0 amide bonds. The van der Waals surface area contributed by atoms with Crippen LogP contribution < -0.4 is 5.32 Å². The fourth-order valence-corrected chi connectivity index (χ4v) is 2.91. The summed E-state index contributed by atoms with van der Waals surface area (Å²) in [5, 5.41) is 6.32. The van der Waals surface area contributed by atoms with E-state index in [1.54, 1.807) is 0 Å². The fourth-order valence-electron chi connectivity index (χ4n) is 2.91. The van der Waals surface area contributed by atoms with Crippen LogP contribution >= 0.6 is 0 Å². The molecule has 1 unspecified atom stereocenters. The van der Waals surface area contributed by atoms with Gasteiger partial charge in [-0.1, -0.05) is 43.3 Å². The summed E-state index contributed by atoms with van der Waals surface area (Å²) in [5.74, 6) is 0. The molecule has 1 aliphatic heterocycles. The third-order valence-electron chi connectivity index (χ3n) is 3.87. The number of fused-ring (bicyclic) bond motifs is 3. The van der Waals surface area contributed by atoms with Gasteiger partial charge in [-0.25, -0.2) is 0 Å². The summed E-state index contributed by atoms with van der Waals surface area (Å²) in [4.78, 5) is 0. The van der Waals surface area contributed by atoms with Crippen molar-refractivity contribution in [2.24, 2.45) is 0 Å². The van der Waals surface area contributed by atoms with Gasteiger partial charge in [0.15, 0.2) is 0 Å². The largest absolute Gasteiger partial charge is 0.379 e. The van der Waals surface area contributed by atoms with E-state index in [1.807, 2.05) is 0 Å². The highest BCUT2D eigenvalue weighted by Gasteiger charge is 2.19. The molecule has 19 heavy (non-hydrogen) atoms. The van der Waals surface area contributed by atoms with Crippen molar-refractivity contribution >= 4 is 10.8 Å². The van der Waals surface area contributed by atoms with Gasteiger partial charge in [0.25, 0.3) is 0 Å². The van der Waals surface area contributed by atoms with Crippen LogP contribution in [0, 0.1) is 0 Å². The minimum Gasteiger partial charge on any atom is -0.379 e. The van der Waals surface area contributed by atoms with Crippen LogP contribution in [0.2, 0.25) is 0 Å². The monoisotopic (exact) mass is 255 g/mol. The molecule has 0 fully saturated rings. The first kappa shape index (κ1) is 12.6. The lowest BCUT2D eigenvalue weighted by molar-refractivity contribution is 0.121. The summed E-state index contributed by atoms with van der Waals surface area (Å²) >= 11 is 0. The van der Waals surface area contributed by atoms with Gasteiger partial charge in [0.05, 0.1) is 19.3 Å². The molecular weight excluding hydrogens is 234 g/mol. The maximum atomic E-state index is 5.77. The Morgan fingerprint density at radius 3 is 3.00 bits per heavy atom. The van der Waals surface area contributed by atoms with Crippen molar-refractivity contribution in [2.45, 2.75) is 25.8 Å². The van der Waals surface area contributed by atoms with E-state index in [9.17, 15) is 0 Å². The molecule has 1 aliphatic rings. The molecule has 3 rings (SSSR count). The van der Waals surface area contributed by atoms with Crippen LogP contribution in [0.4, 0.5) is 0 Å². The number of nitrogens with one attached hydrogen (secondary N) is 1. The SMILES string of the molecule is CCCNC1COCCc2c1ccc1ccccc21. The third-order valence-corrected chi connectivity index (χ3v) is 3.87. The molecule has 2 aromatic rings. The second-order valence-corrected chi connectivity index (χ2v) is 5.19. The smallest absolute Gasteiger partial charge is 0.0661 e. The number of rotatable bonds is 3.